The molecule has 0 aromatic carbocycles. The lowest BCUT2D eigenvalue weighted by atomic mass is 10.2. The number of ether oxygens (including phenoxy) is 1. The molecular weight excluding hydrogens is 284 g/mol. The van der Waals surface area contributed by atoms with Gasteiger partial charge in [0.2, 0.25) is 0 Å². The molecule has 3 heterocycles. The highest BCUT2D eigenvalue weighted by Gasteiger charge is 2.09. The molecule has 0 fully saturated rings. The molecule has 1 N–H and O–H groups in total. The van der Waals surface area contributed by atoms with Gasteiger partial charge in [-0.05, 0) is 17.7 Å². The lowest BCUT2D eigenvalue weighted by molar-refractivity contribution is 0.199. The molecule has 6 heteroatoms. The molecule has 0 spiro atoms. The molecule has 0 bridgehead atoms. The maximum absolute atomic E-state index is 5.06. The summed E-state index contributed by atoms with van der Waals surface area (Å²) in [7, 11) is 1.71. The Hall–Kier alpha value is -1.76. The zero-order valence-electron chi connectivity index (χ0n) is 12.0. The second-order valence-corrected chi connectivity index (χ2v) is 5.77. The van der Waals surface area contributed by atoms with Gasteiger partial charge in [-0.25, -0.2) is 4.98 Å². The van der Waals surface area contributed by atoms with Crippen molar-refractivity contribution in [3.8, 4) is 0 Å². The van der Waals surface area contributed by atoms with Crippen LogP contribution in [0.2, 0.25) is 0 Å². The van der Waals surface area contributed by atoms with Crippen LogP contribution in [0.25, 0.3) is 11.0 Å². The first kappa shape index (κ1) is 14.2. The number of methoxy groups -OCH3 is 1. The quantitative estimate of drug-likeness (QED) is 0.680. The molecule has 0 atom stereocenters. The van der Waals surface area contributed by atoms with E-state index in [0.717, 1.165) is 31.9 Å². The molecule has 5 nitrogen and oxygen atoms in total. The maximum Gasteiger partial charge on any atom is 0.140 e. The Morgan fingerprint density at radius 2 is 2.38 bits per heavy atom. The first-order chi connectivity index (χ1) is 10.4. The van der Waals surface area contributed by atoms with E-state index in [1.54, 1.807) is 18.4 Å². The van der Waals surface area contributed by atoms with Crippen LogP contribution in [-0.4, -0.2) is 34.8 Å². The van der Waals surface area contributed by atoms with Gasteiger partial charge < -0.3 is 14.6 Å². The summed E-state index contributed by atoms with van der Waals surface area (Å²) in [6.45, 7) is 3.20. The van der Waals surface area contributed by atoms with Crippen LogP contribution < -0.4 is 5.32 Å². The molecule has 0 aliphatic carbocycles. The Balaban J connectivity index is 1.83. The smallest absolute Gasteiger partial charge is 0.140 e. The largest absolute Gasteiger partial charge is 0.383 e. The van der Waals surface area contributed by atoms with Crippen LogP contribution in [0.4, 0.5) is 0 Å². The summed E-state index contributed by atoms with van der Waals surface area (Å²) < 4.78 is 7.25. The van der Waals surface area contributed by atoms with Gasteiger partial charge in [0.25, 0.3) is 0 Å². The van der Waals surface area contributed by atoms with E-state index in [4.69, 9.17) is 4.74 Å². The third kappa shape index (κ3) is 3.29. The Morgan fingerprint density at radius 3 is 3.19 bits per heavy atom. The predicted octanol–water partition coefficient (Wildman–Crippen LogP) is 2.28. The van der Waals surface area contributed by atoms with E-state index < -0.39 is 0 Å². The second-order valence-electron chi connectivity index (χ2n) is 4.79. The van der Waals surface area contributed by atoms with Gasteiger partial charge in [0, 0.05) is 49.1 Å². The Bertz CT molecular complexity index is 693. The van der Waals surface area contributed by atoms with E-state index in [0.29, 0.717) is 0 Å². The second kappa shape index (κ2) is 6.80. The summed E-state index contributed by atoms with van der Waals surface area (Å²) in [5, 5.41) is 4.59. The van der Waals surface area contributed by atoms with Crippen molar-refractivity contribution in [3.63, 3.8) is 0 Å². The molecule has 110 valence electrons. The topological polar surface area (TPSA) is 52.0 Å². The van der Waals surface area contributed by atoms with Crippen LogP contribution in [0, 0.1) is 0 Å². The average Bonchev–Trinajstić information content (AvgIpc) is 3.13. The van der Waals surface area contributed by atoms with Gasteiger partial charge in [-0.1, -0.05) is 0 Å². The van der Waals surface area contributed by atoms with Crippen molar-refractivity contribution in [2.75, 3.05) is 20.3 Å². The SMILES string of the molecule is COCCNCc1cn(Cc2cncs2)c2ncccc12. The van der Waals surface area contributed by atoms with E-state index in [2.05, 4.69) is 32.1 Å². The first-order valence-electron chi connectivity index (χ1n) is 6.88. The molecule has 0 radical (unpaired) electrons. The van der Waals surface area contributed by atoms with Crippen molar-refractivity contribution in [1.82, 2.24) is 19.9 Å². The number of rotatable bonds is 7. The van der Waals surface area contributed by atoms with Crippen molar-refractivity contribution in [2.24, 2.45) is 0 Å². The number of hydrogen-bond acceptors (Lipinski definition) is 5. The van der Waals surface area contributed by atoms with Gasteiger partial charge in [-0.2, -0.15) is 0 Å². The third-order valence-corrected chi connectivity index (χ3v) is 4.09. The molecule has 3 aromatic heterocycles. The lowest BCUT2D eigenvalue weighted by Gasteiger charge is -2.02. The molecular formula is C15H18N4OS. The zero-order chi connectivity index (χ0) is 14.5. The van der Waals surface area contributed by atoms with Gasteiger partial charge >= 0.3 is 0 Å². The molecule has 0 saturated carbocycles. The third-order valence-electron chi connectivity index (χ3n) is 3.32. The minimum atomic E-state index is 0.720. The number of nitrogens with zero attached hydrogens (tertiary/aromatic N) is 3. The maximum atomic E-state index is 5.06. The summed E-state index contributed by atoms with van der Waals surface area (Å²) in [5.41, 5.74) is 4.15. The molecule has 0 unspecified atom stereocenters. The number of aromatic nitrogens is 3. The van der Waals surface area contributed by atoms with Crippen molar-refractivity contribution < 1.29 is 4.74 Å². The summed E-state index contributed by atoms with van der Waals surface area (Å²) in [6.07, 6.45) is 5.93. The fraction of sp³-hybridized carbons (Fsp3) is 0.333. The number of fused-ring (bicyclic) bond motifs is 1. The summed E-state index contributed by atoms with van der Waals surface area (Å²) in [6, 6.07) is 4.11. The van der Waals surface area contributed by atoms with Gasteiger partial charge in [0.05, 0.1) is 18.7 Å². The van der Waals surface area contributed by atoms with Crippen molar-refractivity contribution in [3.05, 3.63) is 46.7 Å². The zero-order valence-corrected chi connectivity index (χ0v) is 12.8. The Kier molecular flexibility index (Phi) is 4.59. The summed E-state index contributed by atoms with van der Waals surface area (Å²) in [4.78, 5) is 9.89. The first-order valence-corrected chi connectivity index (χ1v) is 7.76. The monoisotopic (exact) mass is 302 g/mol. The van der Waals surface area contributed by atoms with Gasteiger partial charge in [0.15, 0.2) is 0 Å². The molecule has 0 aliphatic heterocycles. The average molecular weight is 302 g/mol. The highest BCUT2D eigenvalue weighted by atomic mass is 32.1. The number of pyridine rings is 1. The van der Waals surface area contributed by atoms with Crippen molar-refractivity contribution in [1.29, 1.82) is 0 Å². The van der Waals surface area contributed by atoms with Crippen LogP contribution in [0.5, 0.6) is 0 Å². The van der Waals surface area contributed by atoms with Crippen LogP contribution in [-0.2, 0) is 17.8 Å². The molecule has 3 aromatic rings. The summed E-state index contributed by atoms with van der Waals surface area (Å²) in [5.74, 6) is 0. The summed E-state index contributed by atoms with van der Waals surface area (Å²) >= 11 is 1.67. The highest BCUT2D eigenvalue weighted by molar-refractivity contribution is 7.09. The normalized spacial score (nSPS) is 11.3. The van der Waals surface area contributed by atoms with Crippen LogP contribution in [0.1, 0.15) is 10.4 Å². The van der Waals surface area contributed by atoms with E-state index in [9.17, 15) is 0 Å². The minimum absolute atomic E-state index is 0.720. The van der Waals surface area contributed by atoms with E-state index in [1.165, 1.54) is 15.8 Å². The van der Waals surface area contributed by atoms with Gasteiger partial charge in [-0.3, -0.25) is 4.98 Å². The molecule has 0 amide bonds. The number of nitrogens with one attached hydrogen (secondary N) is 1. The Morgan fingerprint density at radius 1 is 1.43 bits per heavy atom. The molecule has 0 saturated heterocycles. The lowest BCUT2D eigenvalue weighted by Crippen LogP contribution is -2.18. The molecule has 3 rings (SSSR count). The standard InChI is InChI=1S/C15H18N4OS/c1-20-6-5-16-7-12-9-19(10-13-8-17-11-21-13)15-14(12)3-2-4-18-15/h2-4,8-9,11,16H,5-7,10H2,1H3. The van der Waals surface area contributed by atoms with Crippen LogP contribution in [0.3, 0.4) is 0 Å². The van der Waals surface area contributed by atoms with Crippen LogP contribution in [0.15, 0.2) is 36.2 Å². The van der Waals surface area contributed by atoms with Gasteiger partial charge in [-0.15, -0.1) is 11.3 Å². The highest BCUT2D eigenvalue weighted by Crippen LogP contribution is 2.21. The number of thiazole rings is 1. The molecule has 21 heavy (non-hydrogen) atoms. The van der Waals surface area contributed by atoms with Crippen molar-refractivity contribution >= 4 is 22.4 Å². The number of hydrogen-bond donors (Lipinski definition) is 1. The predicted molar refractivity (Wildman–Crippen MR) is 84.5 cm³/mol. The molecule has 0 aliphatic rings. The minimum Gasteiger partial charge on any atom is -0.383 e. The van der Waals surface area contributed by atoms with Gasteiger partial charge in [0.1, 0.15) is 5.65 Å². The fourth-order valence-corrected chi connectivity index (χ4v) is 2.93. The van der Waals surface area contributed by atoms with E-state index in [1.807, 2.05) is 24.0 Å². The van der Waals surface area contributed by atoms with E-state index in [-0.39, 0.29) is 0 Å². The van der Waals surface area contributed by atoms with Crippen molar-refractivity contribution in [2.45, 2.75) is 13.1 Å². The Labute approximate surface area is 127 Å². The fourth-order valence-electron chi connectivity index (χ4n) is 2.34. The van der Waals surface area contributed by atoms with Crippen LogP contribution >= 0.6 is 11.3 Å². The van der Waals surface area contributed by atoms with E-state index >= 15 is 0 Å².